The zero-order chi connectivity index (χ0) is 13.2. The van der Waals surface area contributed by atoms with Crippen molar-refractivity contribution in [3.05, 3.63) is 28.2 Å². The Bertz CT molecular complexity index is 442. The van der Waals surface area contributed by atoms with E-state index >= 15 is 0 Å². The van der Waals surface area contributed by atoms with Crippen molar-refractivity contribution < 1.29 is 5.11 Å². The van der Waals surface area contributed by atoms with E-state index in [1.807, 2.05) is 18.2 Å². The molecule has 2 fully saturated rings. The Morgan fingerprint density at radius 2 is 1.95 bits per heavy atom. The Hall–Kier alpha value is -0.540. The number of para-hydroxylation sites is 1. The summed E-state index contributed by atoms with van der Waals surface area (Å²) in [6, 6.07) is 6.71. The minimum absolute atomic E-state index is 0.416. The molecule has 1 aromatic carbocycles. The van der Waals surface area contributed by atoms with Crippen LogP contribution in [-0.2, 0) is 6.54 Å². The monoisotopic (exact) mass is 323 g/mol. The van der Waals surface area contributed by atoms with Crippen LogP contribution in [0.3, 0.4) is 0 Å². The highest BCUT2D eigenvalue weighted by atomic mass is 79.9. The summed E-state index contributed by atoms with van der Waals surface area (Å²) in [4.78, 5) is 2.59. The summed E-state index contributed by atoms with van der Waals surface area (Å²) in [5, 5.41) is 10.1. The van der Waals surface area contributed by atoms with E-state index in [1.54, 1.807) is 0 Å². The van der Waals surface area contributed by atoms with Crippen molar-refractivity contribution in [3.8, 4) is 5.75 Å². The summed E-state index contributed by atoms with van der Waals surface area (Å²) < 4.78 is 0.807. The third kappa shape index (κ3) is 2.82. The summed E-state index contributed by atoms with van der Waals surface area (Å²) in [5.74, 6) is 1.32. The maximum absolute atomic E-state index is 10.1. The average Bonchev–Trinajstić information content (AvgIpc) is 3.05. The summed E-state index contributed by atoms with van der Waals surface area (Å²) in [5.41, 5.74) is 1.05. The predicted molar refractivity (Wildman–Crippen MR) is 81.2 cm³/mol. The number of hydrogen-bond acceptors (Lipinski definition) is 2. The lowest BCUT2D eigenvalue weighted by atomic mass is 9.96. The number of likely N-dealkylation sites (tertiary alicyclic amines) is 1. The van der Waals surface area contributed by atoms with E-state index < -0.39 is 0 Å². The molecule has 3 heteroatoms. The van der Waals surface area contributed by atoms with Crippen LogP contribution in [0.4, 0.5) is 0 Å². The van der Waals surface area contributed by atoms with E-state index in [2.05, 4.69) is 20.8 Å². The molecule has 0 aromatic heterocycles. The first kappa shape index (κ1) is 13.4. The van der Waals surface area contributed by atoms with Crippen LogP contribution in [0, 0.1) is 5.92 Å². The van der Waals surface area contributed by atoms with Gasteiger partial charge >= 0.3 is 0 Å². The lowest BCUT2D eigenvalue weighted by molar-refractivity contribution is 0.181. The largest absolute Gasteiger partial charge is 0.506 e. The molecule has 1 aromatic rings. The van der Waals surface area contributed by atoms with Crippen molar-refractivity contribution in [2.75, 3.05) is 6.54 Å². The van der Waals surface area contributed by atoms with Crippen molar-refractivity contribution >= 4 is 15.9 Å². The van der Waals surface area contributed by atoms with Gasteiger partial charge in [-0.25, -0.2) is 0 Å². The average molecular weight is 324 g/mol. The number of nitrogens with zero attached hydrogens (tertiary/aromatic N) is 1. The molecule has 1 aliphatic carbocycles. The van der Waals surface area contributed by atoms with Gasteiger partial charge in [-0.2, -0.15) is 0 Å². The van der Waals surface area contributed by atoms with Crippen LogP contribution < -0.4 is 0 Å². The fraction of sp³-hybridized carbons (Fsp3) is 0.625. The quantitative estimate of drug-likeness (QED) is 0.895. The van der Waals surface area contributed by atoms with Gasteiger partial charge in [0, 0.05) is 18.2 Å². The normalized spacial score (nSPS) is 25.2. The maximum Gasteiger partial charge on any atom is 0.134 e. The predicted octanol–water partition coefficient (Wildman–Crippen LogP) is 4.31. The van der Waals surface area contributed by atoms with Gasteiger partial charge in [-0.3, -0.25) is 4.90 Å². The Labute approximate surface area is 123 Å². The molecule has 0 bridgehead atoms. The van der Waals surface area contributed by atoms with Gasteiger partial charge in [0.1, 0.15) is 5.75 Å². The van der Waals surface area contributed by atoms with Crippen molar-refractivity contribution in [3.63, 3.8) is 0 Å². The number of benzene rings is 1. The Balaban J connectivity index is 1.72. The third-order valence-electron chi connectivity index (χ3n) is 4.80. The molecule has 1 aliphatic heterocycles. The molecule has 0 spiro atoms. The summed E-state index contributed by atoms with van der Waals surface area (Å²) in [6.45, 7) is 2.08. The summed E-state index contributed by atoms with van der Waals surface area (Å²) >= 11 is 3.41. The highest BCUT2D eigenvalue weighted by Gasteiger charge is 2.33. The Morgan fingerprint density at radius 1 is 1.16 bits per heavy atom. The van der Waals surface area contributed by atoms with Gasteiger partial charge in [-0.05, 0) is 60.1 Å². The lowest BCUT2D eigenvalue weighted by Crippen LogP contribution is -2.34. The van der Waals surface area contributed by atoms with E-state index in [1.165, 1.54) is 45.1 Å². The Kier molecular flexibility index (Phi) is 4.13. The molecule has 0 amide bonds. The van der Waals surface area contributed by atoms with Gasteiger partial charge in [-0.1, -0.05) is 25.0 Å². The van der Waals surface area contributed by atoms with Crippen molar-refractivity contribution in [2.24, 2.45) is 5.92 Å². The van der Waals surface area contributed by atoms with Crippen LogP contribution in [0.2, 0.25) is 0 Å². The zero-order valence-electron chi connectivity index (χ0n) is 11.3. The van der Waals surface area contributed by atoms with E-state index in [9.17, 15) is 5.11 Å². The van der Waals surface area contributed by atoms with Gasteiger partial charge < -0.3 is 5.11 Å². The molecule has 19 heavy (non-hydrogen) atoms. The van der Waals surface area contributed by atoms with Crippen LogP contribution in [0.5, 0.6) is 5.75 Å². The number of hydrogen-bond donors (Lipinski definition) is 1. The van der Waals surface area contributed by atoms with Gasteiger partial charge in [0.25, 0.3) is 0 Å². The number of rotatable bonds is 3. The van der Waals surface area contributed by atoms with Gasteiger partial charge in [0.2, 0.25) is 0 Å². The molecule has 104 valence electrons. The second-order valence-electron chi connectivity index (χ2n) is 5.97. The fourth-order valence-electron chi connectivity index (χ4n) is 3.83. The summed E-state index contributed by atoms with van der Waals surface area (Å²) in [7, 11) is 0. The van der Waals surface area contributed by atoms with Crippen molar-refractivity contribution in [1.29, 1.82) is 0 Å². The Morgan fingerprint density at radius 3 is 2.74 bits per heavy atom. The third-order valence-corrected chi connectivity index (χ3v) is 5.44. The maximum atomic E-state index is 10.1. The molecular weight excluding hydrogens is 302 g/mol. The first-order valence-corrected chi connectivity index (χ1v) is 8.25. The number of phenols is 1. The van der Waals surface area contributed by atoms with Gasteiger partial charge in [0.15, 0.2) is 0 Å². The fourth-order valence-corrected chi connectivity index (χ4v) is 4.24. The first-order chi connectivity index (χ1) is 9.25. The SMILES string of the molecule is Oc1c(Br)cccc1CN1CCCC1C1CCCC1. The molecule has 2 aliphatic rings. The van der Waals surface area contributed by atoms with Crippen molar-refractivity contribution in [2.45, 2.75) is 51.1 Å². The molecule has 1 unspecified atom stereocenters. The highest BCUT2D eigenvalue weighted by Crippen LogP contribution is 2.37. The van der Waals surface area contributed by atoms with Crippen LogP contribution >= 0.6 is 15.9 Å². The topological polar surface area (TPSA) is 23.5 Å². The van der Waals surface area contributed by atoms with Crippen LogP contribution in [0.1, 0.15) is 44.1 Å². The van der Waals surface area contributed by atoms with E-state index in [0.29, 0.717) is 5.75 Å². The number of aromatic hydroxyl groups is 1. The minimum atomic E-state index is 0.416. The molecule has 0 radical (unpaired) electrons. The van der Waals surface area contributed by atoms with Crippen LogP contribution in [0.25, 0.3) is 0 Å². The molecule has 1 saturated heterocycles. The standard InChI is InChI=1S/C16H22BrNO/c17-14-8-3-7-13(16(14)19)11-18-10-4-9-15(18)12-5-1-2-6-12/h3,7-8,12,15,19H,1-2,4-6,9-11H2. The lowest BCUT2D eigenvalue weighted by Gasteiger charge is -2.29. The van der Waals surface area contributed by atoms with E-state index in [0.717, 1.165) is 28.5 Å². The summed E-state index contributed by atoms with van der Waals surface area (Å²) in [6.07, 6.45) is 8.31. The smallest absolute Gasteiger partial charge is 0.134 e. The van der Waals surface area contributed by atoms with Gasteiger partial charge in [-0.15, -0.1) is 0 Å². The zero-order valence-corrected chi connectivity index (χ0v) is 12.9. The molecule has 3 rings (SSSR count). The second kappa shape index (κ2) is 5.84. The molecule has 1 saturated carbocycles. The second-order valence-corrected chi connectivity index (χ2v) is 6.83. The number of phenolic OH excluding ortho intramolecular Hbond substituents is 1. The molecular formula is C16H22BrNO. The van der Waals surface area contributed by atoms with Crippen LogP contribution in [-0.4, -0.2) is 22.6 Å². The molecule has 1 N–H and O–H groups in total. The molecule has 1 atom stereocenters. The first-order valence-electron chi connectivity index (χ1n) is 7.46. The van der Waals surface area contributed by atoms with E-state index in [4.69, 9.17) is 0 Å². The van der Waals surface area contributed by atoms with E-state index in [-0.39, 0.29) is 0 Å². The minimum Gasteiger partial charge on any atom is -0.506 e. The number of halogens is 1. The van der Waals surface area contributed by atoms with Crippen molar-refractivity contribution in [1.82, 2.24) is 4.90 Å². The molecule has 2 nitrogen and oxygen atoms in total. The highest BCUT2D eigenvalue weighted by molar-refractivity contribution is 9.10. The van der Waals surface area contributed by atoms with Gasteiger partial charge in [0.05, 0.1) is 4.47 Å². The van der Waals surface area contributed by atoms with Crippen LogP contribution in [0.15, 0.2) is 22.7 Å². The molecule has 1 heterocycles.